The van der Waals surface area contributed by atoms with Crippen molar-refractivity contribution in [1.82, 2.24) is 0 Å². The van der Waals surface area contributed by atoms with Crippen LogP contribution < -0.4 is 5.32 Å². The van der Waals surface area contributed by atoms with E-state index in [1.165, 1.54) is 0 Å². The summed E-state index contributed by atoms with van der Waals surface area (Å²) >= 11 is 0. The highest BCUT2D eigenvalue weighted by Gasteiger charge is 2.30. The number of carboxylic acid groups (broad SMARTS) is 1. The van der Waals surface area contributed by atoms with Gasteiger partial charge in [0, 0.05) is 17.9 Å². The van der Waals surface area contributed by atoms with Crippen LogP contribution in [0.1, 0.15) is 65.7 Å². The number of nitrogens with one attached hydrogen (secondary N) is 1. The molecule has 3 rings (SSSR count). The minimum Gasteiger partial charge on any atom is -0.506 e. The Balaban J connectivity index is 1.73. The van der Waals surface area contributed by atoms with Crippen LogP contribution in [0.3, 0.4) is 0 Å². The summed E-state index contributed by atoms with van der Waals surface area (Å²) in [5.74, 6) is -3.06. The van der Waals surface area contributed by atoms with E-state index in [9.17, 15) is 24.6 Å². The topological polar surface area (TPSA) is 124 Å². The van der Waals surface area contributed by atoms with E-state index in [0.717, 1.165) is 44.2 Å². The molecule has 164 valence electrons. The number of ketones is 1. The molecule has 1 atom stereocenters. The maximum atomic E-state index is 13.2. The van der Waals surface area contributed by atoms with Crippen molar-refractivity contribution in [2.24, 2.45) is 11.8 Å². The Morgan fingerprint density at radius 1 is 0.968 bits per heavy atom. The quantitative estimate of drug-likeness (QED) is 0.362. The number of rotatable bonds is 8. The van der Waals surface area contributed by atoms with Gasteiger partial charge in [0.05, 0.1) is 0 Å². The van der Waals surface area contributed by atoms with Gasteiger partial charge in [-0.1, -0.05) is 49.6 Å². The van der Waals surface area contributed by atoms with E-state index in [1.54, 1.807) is 12.1 Å². The van der Waals surface area contributed by atoms with E-state index in [-0.39, 0.29) is 29.7 Å². The number of Topliss-reactive ketones (excluding diaryl/α,β-unsaturated/α-hetero) is 1. The Hall–Kier alpha value is -3.35. The molecule has 0 saturated heterocycles. The average molecular weight is 425 g/mol. The lowest BCUT2D eigenvalue weighted by Gasteiger charge is -2.29. The van der Waals surface area contributed by atoms with Crippen molar-refractivity contribution in [2.45, 2.75) is 44.9 Å². The van der Waals surface area contributed by atoms with Crippen molar-refractivity contribution in [1.29, 1.82) is 0 Å². The zero-order valence-corrected chi connectivity index (χ0v) is 17.2. The van der Waals surface area contributed by atoms with Crippen molar-refractivity contribution in [3.8, 4) is 11.5 Å². The van der Waals surface area contributed by atoms with Crippen LogP contribution in [0.25, 0.3) is 0 Å². The Bertz CT molecular complexity index is 950. The van der Waals surface area contributed by atoms with Crippen molar-refractivity contribution >= 4 is 23.3 Å². The fourth-order valence-corrected chi connectivity index (χ4v) is 4.30. The maximum absolute atomic E-state index is 13.2. The van der Waals surface area contributed by atoms with Gasteiger partial charge in [-0.3, -0.25) is 9.59 Å². The molecule has 0 aromatic heterocycles. The molecule has 1 saturated carbocycles. The van der Waals surface area contributed by atoms with Gasteiger partial charge in [0.2, 0.25) is 5.91 Å². The van der Waals surface area contributed by atoms with Crippen LogP contribution in [0.5, 0.6) is 11.5 Å². The van der Waals surface area contributed by atoms with E-state index >= 15 is 0 Å². The number of amides is 1. The Kier molecular flexibility index (Phi) is 7.28. The molecule has 7 nitrogen and oxygen atoms in total. The van der Waals surface area contributed by atoms with Gasteiger partial charge in [-0.2, -0.15) is 0 Å². The average Bonchev–Trinajstić information content (AvgIpc) is 2.77. The van der Waals surface area contributed by atoms with Gasteiger partial charge >= 0.3 is 5.97 Å². The fourth-order valence-electron chi connectivity index (χ4n) is 4.30. The molecule has 0 spiro atoms. The lowest BCUT2D eigenvalue weighted by atomic mass is 9.75. The standard InChI is InChI=1S/C24H27NO6/c26-19-13-11-18(24(30)31)23(29)21(19)25-20(27)14-12-17(15-7-3-1-4-8-15)22(28)16-9-5-2-6-10-16/h2,5-6,9-11,13,15,17,26,29H,1,3-4,7-8,12,14H2,(H,25,27)(H,30,31). The van der Waals surface area contributed by atoms with Gasteiger partial charge in [0.15, 0.2) is 11.5 Å². The van der Waals surface area contributed by atoms with Crippen LogP contribution in [0.2, 0.25) is 0 Å². The van der Waals surface area contributed by atoms with E-state index in [1.807, 2.05) is 18.2 Å². The number of aromatic hydroxyl groups is 2. The highest BCUT2D eigenvalue weighted by atomic mass is 16.4. The smallest absolute Gasteiger partial charge is 0.339 e. The summed E-state index contributed by atoms with van der Waals surface area (Å²) in [5.41, 5.74) is -0.135. The van der Waals surface area contributed by atoms with Crippen molar-refractivity contribution in [3.63, 3.8) is 0 Å². The number of benzene rings is 2. The molecule has 7 heteroatoms. The zero-order chi connectivity index (χ0) is 22.4. The number of hydrogen-bond acceptors (Lipinski definition) is 5. The fraction of sp³-hybridized carbons (Fsp3) is 0.375. The van der Waals surface area contributed by atoms with Gasteiger partial charge < -0.3 is 20.6 Å². The van der Waals surface area contributed by atoms with E-state index < -0.39 is 28.9 Å². The second kappa shape index (κ2) is 10.1. The second-order valence-electron chi connectivity index (χ2n) is 7.98. The zero-order valence-electron chi connectivity index (χ0n) is 17.2. The van der Waals surface area contributed by atoms with Crippen molar-refractivity contribution < 1.29 is 29.7 Å². The molecular weight excluding hydrogens is 398 g/mol. The van der Waals surface area contributed by atoms with Crippen LogP contribution in [0, 0.1) is 11.8 Å². The number of hydrogen-bond donors (Lipinski definition) is 4. The van der Waals surface area contributed by atoms with Crippen LogP contribution in [0.15, 0.2) is 42.5 Å². The third kappa shape index (κ3) is 5.42. The van der Waals surface area contributed by atoms with Crippen LogP contribution in [-0.4, -0.2) is 33.0 Å². The maximum Gasteiger partial charge on any atom is 0.339 e. The summed E-state index contributed by atoms with van der Waals surface area (Å²) in [6.07, 6.45) is 5.54. The largest absolute Gasteiger partial charge is 0.506 e. The van der Waals surface area contributed by atoms with Gasteiger partial charge in [-0.25, -0.2) is 4.79 Å². The lowest BCUT2D eigenvalue weighted by molar-refractivity contribution is -0.116. The van der Waals surface area contributed by atoms with E-state index in [2.05, 4.69) is 5.32 Å². The number of phenols is 2. The minimum atomic E-state index is -1.38. The second-order valence-corrected chi connectivity index (χ2v) is 7.98. The summed E-state index contributed by atoms with van der Waals surface area (Å²) in [4.78, 5) is 36.9. The molecule has 1 aliphatic carbocycles. The SMILES string of the molecule is O=C(CCC(C(=O)c1ccccc1)C1CCCCC1)Nc1c(O)ccc(C(=O)O)c1O. The summed E-state index contributed by atoms with van der Waals surface area (Å²) in [6, 6.07) is 11.2. The van der Waals surface area contributed by atoms with Gasteiger partial charge in [0.1, 0.15) is 17.0 Å². The van der Waals surface area contributed by atoms with Gasteiger partial charge in [0.25, 0.3) is 0 Å². The molecule has 1 amide bonds. The molecule has 0 aliphatic heterocycles. The highest BCUT2D eigenvalue weighted by Crippen LogP contribution is 2.37. The van der Waals surface area contributed by atoms with Crippen molar-refractivity contribution in [2.75, 3.05) is 5.32 Å². The van der Waals surface area contributed by atoms with Crippen LogP contribution in [0.4, 0.5) is 5.69 Å². The Morgan fingerprint density at radius 3 is 2.29 bits per heavy atom. The third-order valence-electron chi connectivity index (χ3n) is 5.95. The normalized spacial score (nSPS) is 15.2. The predicted molar refractivity (Wildman–Crippen MR) is 115 cm³/mol. The molecule has 2 aromatic rings. The van der Waals surface area contributed by atoms with Gasteiger partial charge in [-0.05, 0) is 37.3 Å². The number of carbonyl (C=O) groups is 3. The molecule has 1 unspecified atom stereocenters. The molecule has 0 heterocycles. The first-order chi connectivity index (χ1) is 14.9. The van der Waals surface area contributed by atoms with E-state index in [0.29, 0.717) is 12.0 Å². The molecular formula is C24H27NO6. The van der Waals surface area contributed by atoms with Gasteiger partial charge in [-0.15, -0.1) is 0 Å². The number of aromatic carboxylic acids is 1. The van der Waals surface area contributed by atoms with Crippen LogP contribution in [-0.2, 0) is 4.79 Å². The highest BCUT2D eigenvalue weighted by molar-refractivity contribution is 6.00. The number of anilines is 1. The Morgan fingerprint density at radius 2 is 1.65 bits per heavy atom. The number of phenolic OH excluding ortho intramolecular Hbond substituents is 1. The first-order valence-electron chi connectivity index (χ1n) is 10.6. The minimum absolute atomic E-state index is 0.00984. The van der Waals surface area contributed by atoms with Crippen LogP contribution >= 0.6 is 0 Å². The summed E-state index contributed by atoms with van der Waals surface area (Å²) in [7, 11) is 0. The molecule has 1 fully saturated rings. The molecule has 4 N–H and O–H groups in total. The number of carbonyl (C=O) groups excluding carboxylic acids is 2. The Labute approximate surface area is 180 Å². The van der Waals surface area contributed by atoms with E-state index in [4.69, 9.17) is 5.11 Å². The first kappa shape index (κ1) is 22.3. The summed E-state index contributed by atoms with van der Waals surface area (Å²) < 4.78 is 0. The molecule has 31 heavy (non-hydrogen) atoms. The summed E-state index contributed by atoms with van der Waals surface area (Å²) in [5, 5.41) is 31.6. The number of carboxylic acids is 1. The molecule has 0 radical (unpaired) electrons. The molecule has 0 bridgehead atoms. The summed E-state index contributed by atoms with van der Waals surface area (Å²) in [6.45, 7) is 0. The third-order valence-corrected chi connectivity index (χ3v) is 5.95. The lowest BCUT2D eigenvalue weighted by Crippen LogP contribution is -2.27. The predicted octanol–water partition coefficient (Wildman–Crippen LogP) is 4.59. The first-order valence-corrected chi connectivity index (χ1v) is 10.6. The van der Waals surface area contributed by atoms with Crippen molar-refractivity contribution in [3.05, 3.63) is 53.6 Å². The monoisotopic (exact) mass is 425 g/mol. The molecule has 2 aromatic carbocycles. The molecule has 1 aliphatic rings.